The zero-order valence-electron chi connectivity index (χ0n) is 13.5. The summed E-state index contributed by atoms with van der Waals surface area (Å²) in [6, 6.07) is 11.2. The monoisotopic (exact) mass is 330 g/mol. The standard InChI is InChI=1S/C18H19ClN2O2/c1-20-11-21(2)17-8-13(5-7-16(17)20)18(22)9-12-4-6-14(23-3)10-15(12)19/h4-8,10H,9,11H2,1-3H3. The topological polar surface area (TPSA) is 32.8 Å². The van der Waals surface area contributed by atoms with Crippen molar-refractivity contribution < 1.29 is 9.53 Å². The van der Waals surface area contributed by atoms with Crippen LogP contribution in [0.1, 0.15) is 15.9 Å². The second kappa shape index (κ2) is 6.13. The Hall–Kier alpha value is -2.20. The molecule has 4 nitrogen and oxygen atoms in total. The van der Waals surface area contributed by atoms with Crippen LogP contribution in [0, 0.1) is 0 Å². The minimum absolute atomic E-state index is 0.0582. The zero-order valence-corrected chi connectivity index (χ0v) is 14.2. The molecule has 0 unspecified atom stereocenters. The van der Waals surface area contributed by atoms with Crippen LogP contribution in [0.2, 0.25) is 5.02 Å². The van der Waals surface area contributed by atoms with Crippen LogP contribution in [-0.4, -0.2) is 33.7 Å². The van der Waals surface area contributed by atoms with Crippen molar-refractivity contribution in [2.24, 2.45) is 0 Å². The lowest BCUT2D eigenvalue weighted by atomic mass is 10.0. The minimum Gasteiger partial charge on any atom is -0.497 e. The summed E-state index contributed by atoms with van der Waals surface area (Å²) in [6.45, 7) is 0.831. The van der Waals surface area contributed by atoms with Crippen LogP contribution in [0.4, 0.5) is 11.4 Å². The van der Waals surface area contributed by atoms with E-state index in [1.807, 2.05) is 44.4 Å². The molecule has 2 aromatic carbocycles. The molecule has 23 heavy (non-hydrogen) atoms. The number of benzene rings is 2. The first-order chi connectivity index (χ1) is 11.0. The normalized spacial score (nSPS) is 13.2. The average molecular weight is 331 g/mol. The summed E-state index contributed by atoms with van der Waals surface area (Å²) >= 11 is 6.23. The SMILES string of the molecule is COc1ccc(CC(=O)c2ccc3c(c2)N(C)CN3C)c(Cl)c1. The molecular weight excluding hydrogens is 312 g/mol. The average Bonchev–Trinajstić information content (AvgIpc) is 2.83. The Bertz CT molecular complexity index is 761. The second-order valence-electron chi connectivity index (χ2n) is 5.80. The number of anilines is 2. The number of rotatable bonds is 4. The van der Waals surface area contributed by atoms with E-state index in [2.05, 4.69) is 9.80 Å². The molecule has 0 aromatic heterocycles. The van der Waals surface area contributed by atoms with Gasteiger partial charge in [-0.2, -0.15) is 0 Å². The van der Waals surface area contributed by atoms with Crippen LogP contribution in [0.3, 0.4) is 0 Å². The Labute approximate surface area is 141 Å². The maximum absolute atomic E-state index is 12.6. The van der Waals surface area contributed by atoms with E-state index in [1.54, 1.807) is 13.2 Å². The third-order valence-electron chi connectivity index (χ3n) is 4.16. The molecule has 120 valence electrons. The van der Waals surface area contributed by atoms with Gasteiger partial charge in [-0.05, 0) is 35.9 Å². The smallest absolute Gasteiger partial charge is 0.167 e. The number of ether oxygens (including phenoxy) is 1. The van der Waals surface area contributed by atoms with Gasteiger partial charge in [-0.25, -0.2) is 0 Å². The molecule has 0 N–H and O–H groups in total. The molecule has 0 saturated carbocycles. The number of ketones is 1. The lowest BCUT2D eigenvalue weighted by Gasteiger charge is -2.12. The fourth-order valence-corrected chi connectivity index (χ4v) is 3.11. The molecule has 1 heterocycles. The van der Waals surface area contributed by atoms with Crippen molar-refractivity contribution in [3.8, 4) is 5.75 Å². The molecule has 0 bridgehead atoms. The molecule has 0 spiro atoms. The Morgan fingerprint density at radius 3 is 2.57 bits per heavy atom. The molecule has 0 saturated heterocycles. The van der Waals surface area contributed by atoms with Crippen molar-refractivity contribution in [1.82, 2.24) is 0 Å². The van der Waals surface area contributed by atoms with E-state index in [-0.39, 0.29) is 12.2 Å². The fraction of sp³-hybridized carbons (Fsp3) is 0.278. The van der Waals surface area contributed by atoms with Crippen LogP contribution < -0.4 is 14.5 Å². The Kier molecular flexibility index (Phi) is 4.18. The quantitative estimate of drug-likeness (QED) is 0.802. The number of fused-ring (bicyclic) bond motifs is 1. The third kappa shape index (κ3) is 2.99. The molecule has 0 amide bonds. The van der Waals surface area contributed by atoms with Gasteiger partial charge in [0.25, 0.3) is 0 Å². The Morgan fingerprint density at radius 1 is 1.13 bits per heavy atom. The summed E-state index contributed by atoms with van der Waals surface area (Å²) in [7, 11) is 5.66. The molecular formula is C18H19ClN2O2. The number of halogens is 1. The van der Waals surface area contributed by atoms with Crippen LogP contribution in [0.15, 0.2) is 36.4 Å². The van der Waals surface area contributed by atoms with E-state index < -0.39 is 0 Å². The molecule has 0 atom stereocenters. The molecule has 2 aromatic rings. The van der Waals surface area contributed by atoms with Gasteiger partial charge in [0.2, 0.25) is 0 Å². The first kappa shape index (κ1) is 15.7. The van der Waals surface area contributed by atoms with E-state index in [9.17, 15) is 4.79 Å². The third-order valence-corrected chi connectivity index (χ3v) is 4.51. The van der Waals surface area contributed by atoms with E-state index >= 15 is 0 Å². The molecule has 3 rings (SSSR count). The summed E-state index contributed by atoms with van der Waals surface area (Å²) in [6.07, 6.45) is 0.279. The molecule has 5 heteroatoms. The van der Waals surface area contributed by atoms with Crippen molar-refractivity contribution in [3.63, 3.8) is 0 Å². The zero-order chi connectivity index (χ0) is 16.6. The number of Topliss-reactive ketones (excluding diaryl/α,β-unsaturated/α-hetero) is 1. The molecule has 0 fully saturated rings. The van der Waals surface area contributed by atoms with Crippen molar-refractivity contribution in [3.05, 3.63) is 52.5 Å². The molecule has 0 aliphatic carbocycles. The molecule has 0 radical (unpaired) electrons. The van der Waals surface area contributed by atoms with Crippen molar-refractivity contribution in [1.29, 1.82) is 0 Å². The predicted octanol–water partition coefficient (Wildman–Crippen LogP) is 3.62. The highest BCUT2D eigenvalue weighted by molar-refractivity contribution is 6.31. The van der Waals surface area contributed by atoms with Crippen molar-refractivity contribution >= 4 is 28.8 Å². The maximum Gasteiger partial charge on any atom is 0.167 e. The number of nitrogens with zero attached hydrogens (tertiary/aromatic N) is 2. The van der Waals surface area contributed by atoms with E-state index in [0.29, 0.717) is 16.3 Å². The van der Waals surface area contributed by atoms with Crippen LogP contribution in [-0.2, 0) is 6.42 Å². The van der Waals surface area contributed by atoms with Crippen LogP contribution in [0.25, 0.3) is 0 Å². The van der Waals surface area contributed by atoms with E-state index in [0.717, 1.165) is 23.6 Å². The highest BCUT2D eigenvalue weighted by atomic mass is 35.5. The van der Waals surface area contributed by atoms with Gasteiger partial charge >= 0.3 is 0 Å². The second-order valence-corrected chi connectivity index (χ2v) is 6.21. The first-order valence-corrected chi connectivity index (χ1v) is 7.79. The Balaban J connectivity index is 1.83. The fourth-order valence-electron chi connectivity index (χ4n) is 2.87. The van der Waals surface area contributed by atoms with Crippen LogP contribution >= 0.6 is 11.6 Å². The van der Waals surface area contributed by atoms with Gasteiger partial charge in [0, 0.05) is 31.1 Å². The van der Waals surface area contributed by atoms with E-state index in [1.165, 1.54) is 0 Å². The first-order valence-electron chi connectivity index (χ1n) is 7.41. The van der Waals surface area contributed by atoms with Gasteiger partial charge in [-0.1, -0.05) is 17.7 Å². The number of carbonyl (C=O) groups is 1. The summed E-state index contributed by atoms with van der Waals surface area (Å²) in [5, 5.41) is 0.552. The summed E-state index contributed by atoms with van der Waals surface area (Å²) in [5.74, 6) is 0.746. The minimum atomic E-state index is 0.0582. The maximum atomic E-state index is 12.6. The lowest BCUT2D eigenvalue weighted by molar-refractivity contribution is 0.0993. The van der Waals surface area contributed by atoms with Gasteiger partial charge in [-0.3, -0.25) is 4.79 Å². The van der Waals surface area contributed by atoms with Gasteiger partial charge < -0.3 is 14.5 Å². The largest absolute Gasteiger partial charge is 0.497 e. The molecule has 1 aliphatic heterocycles. The number of hydrogen-bond acceptors (Lipinski definition) is 4. The lowest BCUT2D eigenvalue weighted by Crippen LogP contribution is -2.23. The van der Waals surface area contributed by atoms with E-state index in [4.69, 9.17) is 16.3 Å². The van der Waals surface area contributed by atoms with Gasteiger partial charge in [0.15, 0.2) is 5.78 Å². The van der Waals surface area contributed by atoms with Crippen molar-refractivity contribution in [2.75, 3.05) is 37.7 Å². The highest BCUT2D eigenvalue weighted by Gasteiger charge is 2.21. The predicted molar refractivity (Wildman–Crippen MR) is 94.2 cm³/mol. The summed E-state index contributed by atoms with van der Waals surface area (Å²) in [5.41, 5.74) is 3.74. The highest BCUT2D eigenvalue weighted by Crippen LogP contribution is 2.35. The van der Waals surface area contributed by atoms with Gasteiger partial charge in [0.1, 0.15) is 5.75 Å². The summed E-state index contributed by atoms with van der Waals surface area (Å²) < 4.78 is 5.13. The summed E-state index contributed by atoms with van der Waals surface area (Å²) in [4.78, 5) is 16.9. The number of methoxy groups -OCH3 is 1. The van der Waals surface area contributed by atoms with Crippen molar-refractivity contribution in [2.45, 2.75) is 6.42 Å². The van der Waals surface area contributed by atoms with Gasteiger partial charge in [0.05, 0.1) is 25.2 Å². The Morgan fingerprint density at radius 2 is 1.87 bits per heavy atom. The number of hydrogen-bond donors (Lipinski definition) is 0. The number of carbonyl (C=O) groups excluding carboxylic acids is 1. The van der Waals surface area contributed by atoms with Crippen LogP contribution in [0.5, 0.6) is 5.75 Å². The van der Waals surface area contributed by atoms with Gasteiger partial charge in [-0.15, -0.1) is 0 Å². The molecule has 1 aliphatic rings.